The number of piperazine rings is 1. The Balaban J connectivity index is 1.29. The van der Waals surface area contributed by atoms with Gasteiger partial charge in [-0.1, -0.05) is 58.4 Å². The quantitative estimate of drug-likeness (QED) is 0.570. The molecule has 0 N–H and O–H groups in total. The Labute approximate surface area is 205 Å². The van der Waals surface area contributed by atoms with E-state index in [2.05, 4.69) is 45.1 Å². The first-order valence-corrected chi connectivity index (χ1v) is 13.7. The molecule has 2 heterocycles. The summed E-state index contributed by atoms with van der Waals surface area (Å²) in [4.78, 5) is 17.7. The number of amides is 1. The van der Waals surface area contributed by atoms with Crippen LogP contribution in [0.5, 0.6) is 0 Å². The molecule has 2 saturated heterocycles. The van der Waals surface area contributed by atoms with Crippen LogP contribution in [0.15, 0.2) is 70.0 Å². The third-order valence-corrected chi connectivity index (χ3v) is 8.75. The number of hydrogen-bond acceptors (Lipinski definition) is 4. The van der Waals surface area contributed by atoms with E-state index in [1.54, 1.807) is 24.3 Å². The number of halogens is 1. The molecule has 0 aliphatic carbocycles. The summed E-state index contributed by atoms with van der Waals surface area (Å²) in [6, 6.07) is 16.9. The molecule has 0 saturated carbocycles. The fourth-order valence-electron chi connectivity index (χ4n) is 4.43. The van der Waals surface area contributed by atoms with E-state index in [1.165, 1.54) is 9.87 Å². The van der Waals surface area contributed by atoms with E-state index < -0.39 is 10.0 Å². The minimum atomic E-state index is -3.59. The SMILES string of the molecule is O=C([C@H]1CCCN(S(=O)(=O)c2ccc(Br)cc2)C1)N1CCN(C/C=C/c2ccccc2)CC1. The summed E-state index contributed by atoms with van der Waals surface area (Å²) in [5, 5.41) is 0. The van der Waals surface area contributed by atoms with Crippen LogP contribution < -0.4 is 0 Å². The van der Waals surface area contributed by atoms with Crippen molar-refractivity contribution in [3.05, 3.63) is 70.7 Å². The summed E-state index contributed by atoms with van der Waals surface area (Å²) in [5.74, 6) is -0.182. The number of benzene rings is 2. The van der Waals surface area contributed by atoms with Crippen LogP contribution in [0.2, 0.25) is 0 Å². The molecule has 176 valence electrons. The summed E-state index contributed by atoms with van der Waals surface area (Å²) in [5.41, 5.74) is 1.19. The van der Waals surface area contributed by atoms with Crippen molar-refractivity contribution in [2.45, 2.75) is 17.7 Å². The Morgan fingerprint density at radius 1 is 0.970 bits per heavy atom. The average molecular weight is 533 g/mol. The molecule has 0 bridgehead atoms. The lowest BCUT2D eigenvalue weighted by Gasteiger charge is -2.38. The minimum Gasteiger partial charge on any atom is -0.340 e. The maximum Gasteiger partial charge on any atom is 0.243 e. The Hall–Kier alpha value is -2.00. The second-order valence-corrected chi connectivity index (χ2v) is 11.4. The smallest absolute Gasteiger partial charge is 0.243 e. The van der Waals surface area contributed by atoms with Crippen molar-refractivity contribution < 1.29 is 13.2 Å². The van der Waals surface area contributed by atoms with Crippen molar-refractivity contribution in [2.75, 3.05) is 45.8 Å². The minimum absolute atomic E-state index is 0.0881. The van der Waals surface area contributed by atoms with Gasteiger partial charge in [0.25, 0.3) is 0 Å². The van der Waals surface area contributed by atoms with Gasteiger partial charge in [0.15, 0.2) is 0 Å². The molecule has 1 amide bonds. The number of sulfonamides is 1. The topological polar surface area (TPSA) is 60.9 Å². The molecule has 2 aromatic rings. The van der Waals surface area contributed by atoms with Gasteiger partial charge in [-0.2, -0.15) is 4.31 Å². The van der Waals surface area contributed by atoms with Crippen LogP contribution in [0.3, 0.4) is 0 Å². The molecule has 2 fully saturated rings. The van der Waals surface area contributed by atoms with Crippen molar-refractivity contribution in [3.63, 3.8) is 0 Å². The van der Waals surface area contributed by atoms with E-state index in [0.717, 1.165) is 30.5 Å². The molecule has 0 spiro atoms. The van der Waals surface area contributed by atoms with Gasteiger partial charge in [-0.05, 0) is 42.7 Å². The second-order valence-electron chi connectivity index (χ2n) is 8.60. The van der Waals surface area contributed by atoms with Gasteiger partial charge >= 0.3 is 0 Å². The van der Waals surface area contributed by atoms with Crippen LogP contribution in [-0.2, 0) is 14.8 Å². The number of hydrogen-bond donors (Lipinski definition) is 0. The Morgan fingerprint density at radius 2 is 1.67 bits per heavy atom. The highest BCUT2D eigenvalue weighted by molar-refractivity contribution is 9.10. The van der Waals surface area contributed by atoms with Crippen LogP contribution >= 0.6 is 15.9 Å². The monoisotopic (exact) mass is 531 g/mol. The van der Waals surface area contributed by atoms with Gasteiger partial charge in [0.2, 0.25) is 15.9 Å². The third kappa shape index (κ3) is 6.12. The fraction of sp³-hybridized carbons (Fsp3) is 0.400. The lowest BCUT2D eigenvalue weighted by Crippen LogP contribution is -2.53. The van der Waals surface area contributed by atoms with E-state index in [0.29, 0.717) is 26.1 Å². The van der Waals surface area contributed by atoms with Gasteiger partial charge in [-0.3, -0.25) is 9.69 Å². The summed E-state index contributed by atoms with van der Waals surface area (Å²) in [7, 11) is -3.59. The van der Waals surface area contributed by atoms with Gasteiger partial charge in [0.05, 0.1) is 10.8 Å². The molecule has 1 atom stereocenters. The fourth-order valence-corrected chi connectivity index (χ4v) is 6.22. The van der Waals surface area contributed by atoms with Crippen LogP contribution in [0.4, 0.5) is 0 Å². The Bertz CT molecular complexity index is 1070. The predicted molar refractivity (Wildman–Crippen MR) is 134 cm³/mol. The standard InChI is InChI=1S/C25H30BrN3O3S/c26-23-10-12-24(13-11-23)33(31,32)29-15-5-9-22(20-29)25(30)28-18-16-27(17-19-28)14-4-8-21-6-2-1-3-7-21/h1-4,6-8,10-13,22H,5,9,14-20H2/b8-4+/t22-/m0/s1. The highest BCUT2D eigenvalue weighted by Crippen LogP contribution is 2.26. The molecule has 2 aliphatic heterocycles. The van der Waals surface area contributed by atoms with Crippen molar-refractivity contribution in [1.82, 2.24) is 14.1 Å². The first kappa shape index (κ1) is 24.1. The third-order valence-electron chi connectivity index (χ3n) is 6.34. The molecule has 2 aliphatic rings. The van der Waals surface area contributed by atoms with Crippen LogP contribution in [0.1, 0.15) is 18.4 Å². The summed E-state index contributed by atoms with van der Waals surface area (Å²) in [6.07, 6.45) is 5.74. The zero-order valence-corrected chi connectivity index (χ0v) is 21.0. The van der Waals surface area contributed by atoms with Gasteiger partial charge in [-0.25, -0.2) is 8.42 Å². The van der Waals surface area contributed by atoms with Crippen LogP contribution in [0, 0.1) is 5.92 Å². The number of carbonyl (C=O) groups excluding carboxylic acids is 1. The van der Waals surface area contributed by atoms with Gasteiger partial charge < -0.3 is 4.90 Å². The van der Waals surface area contributed by atoms with Crippen molar-refractivity contribution in [2.24, 2.45) is 5.92 Å². The molecule has 4 rings (SSSR count). The predicted octanol–water partition coefficient (Wildman–Crippen LogP) is 3.71. The largest absolute Gasteiger partial charge is 0.340 e. The molecule has 8 heteroatoms. The molecule has 0 unspecified atom stereocenters. The van der Waals surface area contributed by atoms with Crippen molar-refractivity contribution in [3.8, 4) is 0 Å². The van der Waals surface area contributed by atoms with Gasteiger partial charge in [0.1, 0.15) is 0 Å². The molecular formula is C25H30BrN3O3S. The molecule has 6 nitrogen and oxygen atoms in total. The van der Waals surface area contributed by atoms with Gasteiger partial charge in [-0.15, -0.1) is 0 Å². The molecule has 0 aromatic heterocycles. The number of piperidine rings is 1. The average Bonchev–Trinajstić information content (AvgIpc) is 2.85. The highest BCUT2D eigenvalue weighted by Gasteiger charge is 2.35. The zero-order valence-electron chi connectivity index (χ0n) is 18.6. The molecule has 33 heavy (non-hydrogen) atoms. The van der Waals surface area contributed by atoms with E-state index in [1.807, 2.05) is 23.1 Å². The maximum atomic E-state index is 13.2. The van der Waals surface area contributed by atoms with Crippen LogP contribution in [0.25, 0.3) is 6.08 Å². The number of carbonyl (C=O) groups is 1. The normalized spacial score (nSPS) is 20.9. The Morgan fingerprint density at radius 3 is 2.36 bits per heavy atom. The lowest BCUT2D eigenvalue weighted by atomic mass is 9.98. The van der Waals surface area contributed by atoms with Crippen molar-refractivity contribution >= 4 is 37.9 Å². The first-order chi connectivity index (χ1) is 15.9. The van der Waals surface area contributed by atoms with E-state index in [-0.39, 0.29) is 23.3 Å². The molecule has 2 aromatic carbocycles. The number of nitrogens with zero attached hydrogens (tertiary/aromatic N) is 3. The summed E-state index contributed by atoms with van der Waals surface area (Å²) in [6.45, 7) is 4.62. The van der Waals surface area contributed by atoms with E-state index >= 15 is 0 Å². The number of rotatable bonds is 6. The second kappa shape index (κ2) is 11.0. The van der Waals surface area contributed by atoms with Crippen molar-refractivity contribution in [1.29, 1.82) is 0 Å². The summed E-state index contributed by atoms with van der Waals surface area (Å²) >= 11 is 3.34. The van der Waals surface area contributed by atoms with E-state index in [4.69, 9.17) is 0 Å². The lowest BCUT2D eigenvalue weighted by molar-refractivity contribution is -0.138. The van der Waals surface area contributed by atoms with Gasteiger partial charge in [0, 0.05) is 50.3 Å². The molecule has 0 radical (unpaired) electrons. The first-order valence-electron chi connectivity index (χ1n) is 11.4. The van der Waals surface area contributed by atoms with Crippen LogP contribution in [-0.4, -0.2) is 74.2 Å². The van der Waals surface area contributed by atoms with E-state index in [9.17, 15) is 13.2 Å². The summed E-state index contributed by atoms with van der Waals surface area (Å²) < 4.78 is 28.4. The zero-order chi connectivity index (χ0) is 23.3. The highest BCUT2D eigenvalue weighted by atomic mass is 79.9. The Kier molecular flexibility index (Phi) is 8.01. The maximum absolute atomic E-state index is 13.2. The molecular weight excluding hydrogens is 502 g/mol.